The molecule has 0 saturated carbocycles. The van der Waals surface area contributed by atoms with E-state index in [9.17, 15) is 28.8 Å². The first-order valence-corrected chi connectivity index (χ1v) is 31.4. The van der Waals surface area contributed by atoms with Crippen LogP contribution in [0.25, 0.3) is 23.7 Å². The van der Waals surface area contributed by atoms with E-state index in [-0.39, 0.29) is 94.3 Å². The maximum Gasteiger partial charge on any atom is 0.415 e. The van der Waals surface area contributed by atoms with Gasteiger partial charge in [0.1, 0.15) is 31.8 Å². The van der Waals surface area contributed by atoms with Crippen LogP contribution < -0.4 is 44.9 Å². The van der Waals surface area contributed by atoms with Crippen LogP contribution in [0.3, 0.4) is 0 Å². The molecule has 494 valence electrons. The molecule has 3 fully saturated rings. The second kappa shape index (κ2) is 30.2. The number of rotatable bonds is 22. The summed E-state index contributed by atoms with van der Waals surface area (Å²) in [4.78, 5) is 104. The summed E-state index contributed by atoms with van der Waals surface area (Å²) < 4.78 is 40.5. The van der Waals surface area contributed by atoms with Crippen LogP contribution in [0.5, 0.6) is 23.0 Å². The third kappa shape index (κ3) is 16.2. The smallest absolute Gasteiger partial charge is 0.415 e. The highest BCUT2D eigenvalue weighted by molar-refractivity contribution is 6.22. The molecule has 27 nitrogen and oxygen atoms in total. The van der Waals surface area contributed by atoms with Gasteiger partial charge in [-0.05, 0) is 115 Å². The van der Waals surface area contributed by atoms with E-state index in [0.717, 1.165) is 81.0 Å². The van der Waals surface area contributed by atoms with Gasteiger partial charge in [-0.2, -0.15) is 5.26 Å². The summed E-state index contributed by atoms with van der Waals surface area (Å²) >= 11 is 0. The molecule has 5 aliphatic rings. The highest BCUT2D eigenvalue weighted by atomic mass is 16.7. The third-order valence-electron chi connectivity index (χ3n) is 18.0. The first kappa shape index (κ1) is 66.2. The maximum absolute atomic E-state index is 13.7. The number of alkyl carbamates (subject to hydrolysis) is 1. The lowest BCUT2D eigenvalue weighted by atomic mass is 9.72. The Morgan fingerprint density at radius 2 is 1.59 bits per heavy atom. The zero-order valence-electron chi connectivity index (χ0n) is 53.7. The average Bonchev–Trinajstić information content (AvgIpc) is 1.72. The molecule has 93 heavy (non-hydrogen) atoms. The monoisotopic (exact) mass is 1280 g/mol. The van der Waals surface area contributed by atoms with Crippen LogP contribution in [0.15, 0.2) is 72.1 Å². The van der Waals surface area contributed by atoms with Crippen molar-refractivity contribution in [1.82, 2.24) is 49.3 Å². The topological polar surface area (TPSA) is 281 Å². The van der Waals surface area contributed by atoms with E-state index in [0.29, 0.717) is 82.6 Å². The van der Waals surface area contributed by atoms with Crippen LogP contribution in [-0.4, -0.2) is 232 Å². The fraction of sp³-hybridized carbons (Fsp3) is 0.485. The van der Waals surface area contributed by atoms with Crippen LogP contribution in [-0.2, 0) is 32.0 Å². The quantitative estimate of drug-likeness (QED) is 0.0652. The van der Waals surface area contributed by atoms with Crippen LogP contribution >= 0.6 is 0 Å². The summed E-state index contributed by atoms with van der Waals surface area (Å²) in [5.74, 6) is 2.61. The number of carbonyl (C=O) groups excluding carboxylic acids is 6. The number of piperidine rings is 2. The Morgan fingerprint density at radius 1 is 0.849 bits per heavy atom. The number of benzene rings is 3. The van der Waals surface area contributed by atoms with Crippen molar-refractivity contribution in [3.05, 3.63) is 94.2 Å². The first-order valence-electron chi connectivity index (χ1n) is 31.4. The number of fused-ring (bicyclic) bond motifs is 3. The highest BCUT2D eigenvalue weighted by Crippen LogP contribution is 2.41. The van der Waals surface area contributed by atoms with Crippen molar-refractivity contribution >= 4 is 77.2 Å². The number of nitriles is 1. The van der Waals surface area contributed by atoms with Gasteiger partial charge in [0.25, 0.3) is 0 Å². The minimum Gasteiger partial charge on any atom is -0.493 e. The summed E-state index contributed by atoms with van der Waals surface area (Å²) in [6.07, 6.45) is 6.81. The van der Waals surface area contributed by atoms with Gasteiger partial charge in [0, 0.05) is 123 Å². The molecule has 27 heteroatoms. The van der Waals surface area contributed by atoms with E-state index < -0.39 is 24.4 Å². The van der Waals surface area contributed by atoms with Crippen molar-refractivity contribution < 1.29 is 61.9 Å². The number of likely N-dealkylation sites (N-methyl/N-ethyl adjacent to an activating group) is 4. The van der Waals surface area contributed by atoms with Crippen molar-refractivity contribution in [2.45, 2.75) is 58.1 Å². The number of hydrogen-bond donors (Lipinski definition) is 2. The number of nitrogens with one attached hydrogen (secondary N) is 2. The Bertz CT molecular complexity index is 3750. The van der Waals surface area contributed by atoms with E-state index in [1.54, 1.807) is 68.6 Å². The second-order valence-corrected chi connectivity index (χ2v) is 24.3. The fourth-order valence-electron chi connectivity index (χ4n) is 12.3. The standard InChI is InChI=1S/C66H82N14O13/c1-44-17-25-79(57(81)15-21-67)38-53(44)76(6)59-50-18-26-80(60(50)71-42-70-59)63(84)73(3)30-31-75(5)64(85)90-39-46-9-12-49(13-10-46)72-62(83)89-34-32-77-27-19-66(20-28-77)40-78(41-66)24-8-33-88-61(82)69-23-29-74(4)65(86)93-58-45(2)47(11-14-54(58)87-7)35-52-51-37-56-55(91-43-92-56)36-48(51)16-22-68-52/h9-14,18,26,35-37,42,44,53H,2,8,15-17,19-20,22-25,27-34,38-41,43H2,1,3-7H3,(H,69,82)(H,72,83)/b47-35-. The zero-order chi connectivity index (χ0) is 65.8. The van der Waals surface area contributed by atoms with Crippen LogP contribution in [0.1, 0.15) is 55.7 Å². The molecule has 7 heterocycles. The third-order valence-corrected chi connectivity index (χ3v) is 18.0. The maximum atomic E-state index is 13.7. The van der Waals surface area contributed by atoms with Crippen molar-refractivity contribution in [2.75, 3.05) is 151 Å². The Morgan fingerprint density at radius 3 is 2.35 bits per heavy atom. The number of amides is 6. The summed E-state index contributed by atoms with van der Waals surface area (Å²) in [5.41, 5.74) is 4.74. The first-order chi connectivity index (χ1) is 44.9. The van der Waals surface area contributed by atoms with Crippen molar-refractivity contribution in [2.24, 2.45) is 16.3 Å². The molecular formula is C66H82N14O13. The minimum atomic E-state index is -0.648. The molecule has 10 rings (SSSR count). The molecule has 0 bridgehead atoms. The van der Waals surface area contributed by atoms with Crippen molar-refractivity contribution in [1.29, 1.82) is 5.26 Å². The molecule has 2 N–H and O–H groups in total. The van der Waals surface area contributed by atoms with Crippen molar-refractivity contribution in [3.8, 4) is 29.1 Å². The van der Waals surface area contributed by atoms with E-state index in [4.69, 9.17) is 43.4 Å². The summed E-state index contributed by atoms with van der Waals surface area (Å²) in [6.45, 7) is 14.7. The zero-order valence-corrected chi connectivity index (χ0v) is 53.7. The van der Waals surface area contributed by atoms with E-state index >= 15 is 0 Å². The highest BCUT2D eigenvalue weighted by Gasteiger charge is 2.44. The lowest BCUT2D eigenvalue weighted by Gasteiger charge is -2.54. The predicted octanol–water partition coefficient (Wildman–Crippen LogP) is 5.35. The van der Waals surface area contributed by atoms with Gasteiger partial charge in [0.05, 0.1) is 36.9 Å². The van der Waals surface area contributed by atoms with Gasteiger partial charge in [0.2, 0.25) is 12.7 Å². The van der Waals surface area contributed by atoms with Gasteiger partial charge in [-0.1, -0.05) is 31.7 Å². The molecule has 0 radical (unpaired) electrons. The van der Waals surface area contributed by atoms with Gasteiger partial charge >= 0.3 is 30.4 Å². The number of ether oxygens (including phenoxy) is 7. The summed E-state index contributed by atoms with van der Waals surface area (Å²) in [7, 11) is 8.22. The SMILES string of the molecule is C=c1c(OC(=O)N(C)CCNC(=O)OCCCN2CC3(CCN(CCOC(=O)Nc4ccc(COC(=O)N(C)CCN(C)C(=O)n5ccc6c(N(C)C7CN(C(=O)CC#N)CCC7C)ncnc65)cc4)CC3)C2)c(OC)cc/c1=C/C1=NCCc2cc3c(cc21)OCO3. The van der Waals surface area contributed by atoms with E-state index in [2.05, 4.69) is 43.9 Å². The number of aromatic nitrogens is 3. The van der Waals surface area contributed by atoms with Crippen LogP contribution in [0.4, 0.5) is 35.5 Å². The van der Waals surface area contributed by atoms with Crippen LogP contribution in [0, 0.1) is 22.7 Å². The number of nitrogens with zero attached hydrogens (tertiary/aromatic N) is 12. The Balaban J connectivity index is 0.555. The lowest BCUT2D eigenvalue weighted by Crippen LogP contribution is -2.60. The Hall–Kier alpha value is -9.68. The van der Waals surface area contributed by atoms with Gasteiger partial charge < -0.3 is 67.9 Å². The summed E-state index contributed by atoms with van der Waals surface area (Å²) in [6, 6.07) is 17.7. The fourth-order valence-corrected chi connectivity index (χ4v) is 12.3. The van der Waals surface area contributed by atoms with Gasteiger partial charge in [-0.15, -0.1) is 0 Å². The second-order valence-electron chi connectivity index (χ2n) is 24.3. The normalized spacial score (nSPS) is 17.5. The Labute approximate surface area is 540 Å². The molecule has 3 aromatic carbocycles. The molecule has 0 aliphatic carbocycles. The van der Waals surface area contributed by atoms with Crippen LogP contribution in [0.2, 0.25) is 0 Å². The molecule has 5 aliphatic heterocycles. The molecule has 5 aromatic rings. The minimum absolute atomic E-state index is 0.00444. The van der Waals surface area contributed by atoms with Gasteiger partial charge in [0.15, 0.2) is 28.6 Å². The molecule has 3 saturated heterocycles. The molecule has 2 aromatic heterocycles. The number of methoxy groups -OCH3 is 1. The number of likely N-dealkylation sites (tertiary alicyclic amines) is 3. The predicted molar refractivity (Wildman–Crippen MR) is 345 cm³/mol. The van der Waals surface area contributed by atoms with E-state index in [1.165, 1.54) is 32.7 Å². The number of aliphatic imine (C=N–C) groups is 1. The molecule has 2 atom stereocenters. The van der Waals surface area contributed by atoms with Gasteiger partial charge in [-0.25, -0.2) is 33.9 Å². The number of hydrogen-bond acceptors (Lipinski definition) is 20. The molecular weight excluding hydrogens is 1200 g/mol. The lowest BCUT2D eigenvalue weighted by molar-refractivity contribution is -0.131. The van der Waals surface area contributed by atoms with E-state index in [1.807, 2.05) is 42.3 Å². The van der Waals surface area contributed by atoms with Crippen molar-refractivity contribution in [3.63, 3.8) is 0 Å². The average molecular weight is 1280 g/mol. The summed E-state index contributed by atoms with van der Waals surface area (Å²) in [5, 5.41) is 16.4. The number of anilines is 2. The molecule has 6 amide bonds. The molecule has 2 unspecified atom stereocenters. The Kier molecular flexibility index (Phi) is 21.5. The van der Waals surface area contributed by atoms with Gasteiger partial charge in [-0.3, -0.25) is 24.6 Å². The molecule has 1 spiro atoms. The largest absolute Gasteiger partial charge is 0.493 e. The number of carbonyl (C=O) groups is 6.